The van der Waals surface area contributed by atoms with E-state index in [2.05, 4.69) is 39.0 Å². The second kappa shape index (κ2) is 5.80. The Morgan fingerprint density at radius 1 is 1.17 bits per heavy atom. The number of hydrogen-bond donors (Lipinski definition) is 0. The molecule has 4 rings (SSSR count). The van der Waals surface area contributed by atoms with Crippen LogP contribution in [0.25, 0.3) is 0 Å². The molecule has 120 valence electrons. The molecule has 23 heavy (non-hydrogen) atoms. The third-order valence-corrected chi connectivity index (χ3v) is 5.15. The Balaban J connectivity index is 1.66. The topological polar surface area (TPSA) is 51.0 Å². The maximum atomic E-state index is 11.7. The minimum atomic E-state index is 0.163. The third-order valence-electron chi connectivity index (χ3n) is 5.15. The summed E-state index contributed by atoms with van der Waals surface area (Å²) in [5, 5.41) is 8.96. The van der Waals surface area contributed by atoms with Gasteiger partial charge < -0.3 is 9.47 Å². The summed E-state index contributed by atoms with van der Waals surface area (Å²) in [5.41, 5.74) is 2.78. The first-order valence-electron chi connectivity index (χ1n) is 8.46. The lowest BCUT2D eigenvalue weighted by Crippen LogP contribution is -2.38. The Kier molecular flexibility index (Phi) is 3.63. The van der Waals surface area contributed by atoms with E-state index in [1.165, 1.54) is 11.1 Å². The number of benzene rings is 1. The van der Waals surface area contributed by atoms with Gasteiger partial charge in [0.15, 0.2) is 0 Å². The fourth-order valence-electron chi connectivity index (χ4n) is 3.85. The van der Waals surface area contributed by atoms with E-state index in [-0.39, 0.29) is 5.91 Å². The van der Waals surface area contributed by atoms with Crippen LogP contribution < -0.4 is 0 Å². The minimum Gasteiger partial charge on any atom is -0.342 e. The highest BCUT2D eigenvalue weighted by Gasteiger charge is 2.28. The van der Waals surface area contributed by atoms with Crippen molar-refractivity contribution in [1.82, 2.24) is 19.7 Å². The maximum Gasteiger partial charge on any atom is 0.219 e. The van der Waals surface area contributed by atoms with Gasteiger partial charge in [-0.2, -0.15) is 0 Å². The van der Waals surface area contributed by atoms with E-state index in [0.29, 0.717) is 5.92 Å². The molecule has 5 nitrogen and oxygen atoms in total. The zero-order valence-electron chi connectivity index (χ0n) is 13.5. The monoisotopic (exact) mass is 310 g/mol. The predicted octanol–water partition coefficient (Wildman–Crippen LogP) is 2.15. The molecule has 0 spiro atoms. The van der Waals surface area contributed by atoms with Crippen LogP contribution in [0.3, 0.4) is 0 Å². The summed E-state index contributed by atoms with van der Waals surface area (Å²) >= 11 is 0. The first kappa shape index (κ1) is 14.4. The summed E-state index contributed by atoms with van der Waals surface area (Å²) in [6.45, 7) is 4.15. The first-order chi connectivity index (χ1) is 11.2. The highest BCUT2D eigenvalue weighted by Crippen LogP contribution is 2.28. The number of aromatic nitrogens is 3. The Bertz CT molecular complexity index is 736. The molecule has 2 aliphatic heterocycles. The second-order valence-electron chi connectivity index (χ2n) is 6.63. The molecule has 1 amide bonds. The van der Waals surface area contributed by atoms with E-state index in [4.69, 9.17) is 0 Å². The Hall–Kier alpha value is -2.17. The summed E-state index contributed by atoms with van der Waals surface area (Å²) in [7, 11) is 0. The van der Waals surface area contributed by atoms with Crippen molar-refractivity contribution < 1.29 is 4.79 Å². The number of fused-ring (bicyclic) bond motifs is 2. The number of piperidine rings is 1. The fourth-order valence-corrected chi connectivity index (χ4v) is 3.85. The van der Waals surface area contributed by atoms with Gasteiger partial charge in [-0.3, -0.25) is 4.79 Å². The van der Waals surface area contributed by atoms with Gasteiger partial charge in [0.1, 0.15) is 11.6 Å². The van der Waals surface area contributed by atoms with Crippen molar-refractivity contribution in [2.75, 3.05) is 13.1 Å². The molecule has 1 unspecified atom stereocenters. The van der Waals surface area contributed by atoms with Gasteiger partial charge in [-0.15, -0.1) is 10.2 Å². The summed E-state index contributed by atoms with van der Waals surface area (Å²) in [4.78, 5) is 13.6. The van der Waals surface area contributed by atoms with E-state index in [1.807, 2.05) is 4.90 Å². The van der Waals surface area contributed by atoms with Gasteiger partial charge in [0.25, 0.3) is 0 Å². The van der Waals surface area contributed by atoms with Crippen molar-refractivity contribution in [3.8, 4) is 0 Å². The highest BCUT2D eigenvalue weighted by atomic mass is 16.2. The van der Waals surface area contributed by atoms with Gasteiger partial charge in [-0.25, -0.2) is 0 Å². The largest absolute Gasteiger partial charge is 0.342 e. The van der Waals surface area contributed by atoms with Crippen molar-refractivity contribution in [2.24, 2.45) is 0 Å². The third kappa shape index (κ3) is 2.64. The van der Waals surface area contributed by atoms with Crippen molar-refractivity contribution in [2.45, 2.75) is 45.1 Å². The summed E-state index contributed by atoms with van der Waals surface area (Å²) < 4.78 is 2.29. The standard InChI is InChI=1S/C18H22N4O/c1-13(23)21-10-4-7-16(11-21)18-20-19-17-9-8-14-5-2-3-6-15(14)12-22(17)18/h2-3,5-6,16H,4,7-12H2,1H3. The molecule has 3 heterocycles. The number of carbonyl (C=O) groups is 1. The van der Waals surface area contributed by atoms with Gasteiger partial charge in [0.05, 0.1) is 6.54 Å². The molecule has 1 aromatic carbocycles. The number of carbonyl (C=O) groups excluding carboxylic acids is 1. The van der Waals surface area contributed by atoms with Crippen LogP contribution in [-0.4, -0.2) is 38.7 Å². The number of rotatable bonds is 1. The second-order valence-corrected chi connectivity index (χ2v) is 6.63. The molecule has 0 radical (unpaired) electrons. The molecule has 2 aliphatic rings. The van der Waals surface area contributed by atoms with E-state index >= 15 is 0 Å². The lowest BCUT2D eigenvalue weighted by atomic mass is 9.97. The van der Waals surface area contributed by atoms with Crippen molar-refractivity contribution in [3.63, 3.8) is 0 Å². The van der Waals surface area contributed by atoms with Crippen LogP contribution in [0.1, 0.15) is 48.5 Å². The van der Waals surface area contributed by atoms with Gasteiger partial charge in [0.2, 0.25) is 5.91 Å². The SMILES string of the molecule is CC(=O)N1CCCC(c2nnc3n2Cc2ccccc2CC3)C1. The van der Waals surface area contributed by atoms with Gasteiger partial charge in [-0.05, 0) is 30.4 Å². The molecular formula is C18H22N4O. The van der Waals surface area contributed by atoms with Crippen molar-refractivity contribution in [3.05, 3.63) is 47.0 Å². The zero-order valence-corrected chi connectivity index (χ0v) is 13.5. The van der Waals surface area contributed by atoms with Crippen LogP contribution >= 0.6 is 0 Å². The van der Waals surface area contributed by atoms with E-state index in [9.17, 15) is 4.79 Å². The lowest BCUT2D eigenvalue weighted by molar-refractivity contribution is -0.130. The van der Waals surface area contributed by atoms with Crippen molar-refractivity contribution >= 4 is 5.91 Å². The van der Waals surface area contributed by atoms with E-state index in [0.717, 1.165) is 57.0 Å². The molecule has 1 fully saturated rings. The Morgan fingerprint density at radius 3 is 2.83 bits per heavy atom. The molecule has 0 N–H and O–H groups in total. The number of likely N-dealkylation sites (tertiary alicyclic amines) is 1. The Labute approximate surface area is 136 Å². The highest BCUT2D eigenvalue weighted by molar-refractivity contribution is 5.73. The molecule has 1 atom stereocenters. The lowest BCUT2D eigenvalue weighted by Gasteiger charge is -2.31. The van der Waals surface area contributed by atoms with E-state index in [1.54, 1.807) is 6.92 Å². The van der Waals surface area contributed by atoms with Crippen LogP contribution in [0.4, 0.5) is 0 Å². The zero-order chi connectivity index (χ0) is 15.8. The van der Waals surface area contributed by atoms with Crippen LogP contribution in [0.2, 0.25) is 0 Å². The quantitative estimate of drug-likeness (QED) is 0.811. The number of aryl methyl sites for hydroxylation is 2. The molecular weight excluding hydrogens is 288 g/mol. The molecule has 0 saturated carbocycles. The van der Waals surface area contributed by atoms with Crippen LogP contribution in [0, 0.1) is 0 Å². The van der Waals surface area contributed by atoms with Crippen molar-refractivity contribution in [1.29, 1.82) is 0 Å². The molecule has 2 aromatic rings. The number of hydrogen-bond acceptors (Lipinski definition) is 3. The average Bonchev–Trinajstić information content (AvgIpc) is 2.87. The Morgan fingerprint density at radius 2 is 2.00 bits per heavy atom. The fraction of sp³-hybridized carbons (Fsp3) is 0.500. The van der Waals surface area contributed by atoms with Gasteiger partial charge >= 0.3 is 0 Å². The summed E-state index contributed by atoms with van der Waals surface area (Å²) in [6, 6.07) is 8.63. The van der Waals surface area contributed by atoms with Crippen LogP contribution in [0.5, 0.6) is 0 Å². The molecule has 0 bridgehead atoms. The van der Waals surface area contributed by atoms with Gasteiger partial charge in [0, 0.05) is 32.4 Å². The number of amides is 1. The minimum absolute atomic E-state index is 0.163. The smallest absolute Gasteiger partial charge is 0.219 e. The van der Waals surface area contributed by atoms with Crippen LogP contribution in [-0.2, 0) is 24.2 Å². The van der Waals surface area contributed by atoms with E-state index < -0.39 is 0 Å². The number of nitrogens with zero attached hydrogens (tertiary/aromatic N) is 4. The average molecular weight is 310 g/mol. The molecule has 0 aliphatic carbocycles. The van der Waals surface area contributed by atoms with Crippen LogP contribution in [0.15, 0.2) is 24.3 Å². The molecule has 1 aromatic heterocycles. The normalized spacial score (nSPS) is 20.6. The first-order valence-corrected chi connectivity index (χ1v) is 8.46. The maximum absolute atomic E-state index is 11.7. The molecule has 5 heteroatoms. The van der Waals surface area contributed by atoms with Gasteiger partial charge in [-0.1, -0.05) is 24.3 Å². The predicted molar refractivity (Wildman–Crippen MR) is 87.2 cm³/mol. The summed E-state index contributed by atoms with van der Waals surface area (Å²) in [5.74, 6) is 2.61. The summed E-state index contributed by atoms with van der Waals surface area (Å²) in [6.07, 6.45) is 4.10. The molecule has 1 saturated heterocycles.